The number of fused-ring (bicyclic) bond motifs is 9. The first-order valence-corrected chi connectivity index (χ1v) is 21.3. The minimum atomic E-state index is -1.14. The summed E-state index contributed by atoms with van der Waals surface area (Å²) in [7, 11) is 2.28. The predicted molar refractivity (Wildman–Crippen MR) is 205 cm³/mol. The van der Waals surface area contributed by atoms with Crippen LogP contribution in [0, 0.1) is 62.1 Å². The fraction of sp³-hybridized carbons (Fsp3) is 0.889. The molecular formula is C45H72N2O5. The van der Waals surface area contributed by atoms with Crippen LogP contribution < -0.4 is 5.32 Å². The van der Waals surface area contributed by atoms with Crippen molar-refractivity contribution >= 4 is 17.8 Å². The lowest BCUT2D eigenvalue weighted by Gasteiger charge is -2.73. The van der Waals surface area contributed by atoms with Gasteiger partial charge in [-0.3, -0.25) is 14.4 Å². The van der Waals surface area contributed by atoms with Gasteiger partial charge >= 0.3 is 11.9 Å². The first-order chi connectivity index (χ1) is 24.2. The van der Waals surface area contributed by atoms with Gasteiger partial charge in [-0.15, -0.1) is 0 Å². The Kier molecular flexibility index (Phi) is 9.47. The minimum absolute atomic E-state index is 0.0751. The summed E-state index contributed by atoms with van der Waals surface area (Å²) in [5.41, 5.74) is 0.638. The van der Waals surface area contributed by atoms with Gasteiger partial charge in [-0.1, -0.05) is 46.8 Å². The Morgan fingerprint density at radius 2 is 1.52 bits per heavy atom. The van der Waals surface area contributed by atoms with Gasteiger partial charge in [-0.25, -0.2) is 0 Å². The fourth-order valence-corrected chi connectivity index (χ4v) is 15.5. The number of aliphatic carboxylic acids is 1. The zero-order chi connectivity index (χ0) is 37.8. The molecule has 0 aromatic rings. The lowest BCUT2D eigenvalue weighted by atomic mass is 9.32. The summed E-state index contributed by atoms with van der Waals surface area (Å²) < 4.78 is 6.20. The molecule has 5 aliphatic carbocycles. The van der Waals surface area contributed by atoms with Crippen molar-refractivity contribution in [1.82, 2.24) is 10.2 Å². The Morgan fingerprint density at radius 3 is 2.15 bits per heavy atom. The van der Waals surface area contributed by atoms with Gasteiger partial charge in [0.05, 0.1) is 11.8 Å². The van der Waals surface area contributed by atoms with E-state index in [4.69, 9.17) is 4.74 Å². The first-order valence-electron chi connectivity index (χ1n) is 21.3. The van der Waals surface area contributed by atoms with Gasteiger partial charge in [-0.05, 0) is 169 Å². The van der Waals surface area contributed by atoms with Crippen molar-refractivity contribution in [3.8, 4) is 0 Å². The number of hydrogen-bond donors (Lipinski definition) is 2. The molecule has 5 saturated carbocycles. The van der Waals surface area contributed by atoms with E-state index in [-0.39, 0.29) is 45.6 Å². The summed E-state index contributed by atoms with van der Waals surface area (Å²) in [6, 6.07) is 1.58. The molecule has 0 aromatic carbocycles. The average molecular weight is 721 g/mol. The van der Waals surface area contributed by atoms with Crippen molar-refractivity contribution in [2.75, 3.05) is 7.05 Å². The number of nitrogens with one attached hydrogen (secondary N) is 1. The van der Waals surface area contributed by atoms with Crippen molar-refractivity contribution in [2.24, 2.45) is 62.1 Å². The van der Waals surface area contributed by atoms with Gasteiger partial charge in [0.25, 0.3) is 0 Å². The molecular weight excluding hydrogens is 649 g/mol. The Balaban J connectivity index is 1.10. The molecule has 2 N–H and O–H groups in total. The fourth-order valence-electron chi connectivity index (χ4n) is 15.5. The second-order valence-electron chi connectivity index (χ2n) is 21.7. The number of carboxylic acid groups (broad SMARTS) is 1. The molecule has 1 amide bonds. The van der Waals surface area contributed by atoms with Gasteiger partial charge in [0.2, 0.25) is 5.91 Å². The van der Waals surface area contributed by atoms with E-state index in [0.29, 0.717) is 60.0 Å². The van der Waals surface area contributed by atoms with Crippen LogP contribution in [0.25, 0.3) is 0 Å². The number of esters is 1. The first kappa shape index (κ1) is 38.4. The number of allylic oxidation sites excluding steroid dienone is 1. The normalized spacial score (nSPS) is 46.6. The van der Waals surface area contributed by atoms with Crippen molar-refractivity contribution in [3.05, 3.63) is 12.2 Å². The largest absolute Gasteiger partial charge is 0.481 e. The third-order valence-corrected chi connectivity index (χ3v) is 18.6. The van der Waals surface area contributed by atoms with E-state index in [1.807, 2.05) is 0 Å². The number of carboxylic acids is 1. The molecule has 7 rings (SSSR count). The highest BCUT2D eigenvalue weighted by Gasteiger charge is 2.71. The Hall–Kier alpha value is -1.89. The van der Waals surface area contributed by atoms with E-state index in [2.05, 4.69) is 65.4 Å². The quantitative estimate of drug-likeness (QED) is 0.192. The molecule has 0 spiro atoms. The van der Waals surface area contributed by atoms with E-state index in [1.165, 1.54) is 50.5 Å². The summed E-state index contributed by atoms with van der Waals surface area (Å²) >= 11 is 0. The molecule has 0 radical (unpaired) electrons. The topological polar surface area (TPSA) is 95.9 Å². The maximum atomic E-state index is 14.1. The van der Waals surface area contributed by atoms with Gasteiger partial charge in [-0.2, -0.15) is 0 Å². The molecule has 2 aliphatic heterocycles. The highest BCUT2D eigenvalue weighted by atomic mass is 16.5. The number of nitrogens with zero attached hydrogens (tertiary/aromatic N) is 1. The van der Waals surface area contributed by atoms with E-state index in [9.17, 15) is 19.5 Å². The molecule has 7 nitrogen and oxygen atoms in total. The predicted octanol–water partition coefficient (Wildman–Crippen LogP) is 9.19. The standard InChI is InChI=1S/C45H72N2O5/c1-27(2)31-15-20-45(25-36(48)46-28-23-29-11-12-30(24-28)47(29)10)22-21-43(8)32(38(31)45)13-14-34-42(7)18-17-35(52-37(49)26-40(3,4)39(50)51)41(5,6)33(42)16-19-44(34,43)9/h28-35,38H,1,11-26H2,2-10H3,(H,46,48)(H,50,51)/t28?,29?,30?,31-,32+,33-,34+,35-,38+,42-,43+,44+,45+/m0/s1. The van der Waals surface area contributed by atoms with Crippen LogP contribution in [0.1, 0.15) is 158 Å². The molecule has 12 atom stereocenters. The molecule has 7 heteroatoms. The number of hydrogen-bond acceptors (Lipinski definition) is 5. The van der Waals surface area contributed by atoms with Crippen LogP contribution in [-0.4, -0.2) is 59.1 Å². The maximum Gasteiger partial charge on any atom is 0.309 e. The molecule has 0 aromatic heterocycles. The Morgan fingerprint density at radius 1 is 0.846 bits per heavy atom. The molecule has 2 heterocycles. The lowest BCUT2D eigenvalue weighted by Crippen LogP contribution is -2.67. The van der Waals surface area contributed by atoms with Crippen LogP contribution in [0.2, 0.25) is 0 Å². The second-order valence-corrected chi connectivity index (χ2v) is 21.7. The number of rotatable bonds is 8. The van der Waals surface area contributed by atoms with Crippen molar-refractivity contribution in [1.29, 1.82) is 0 Å². The average Bonchev–Trinajstić information content (AvgIpc) is 3.50. The van der Waals surface area contributed by atoms with Crippen molar-refractivity contribution in [3.63, 3.8) is 0 Å². The van der Waals surface area contributed by atoms with Crippen LogP contribution in [-0.2, 0) is 19.1 Å². The van der Waals surface area contributed by atoms with Crippen LogP contribution >= 0.6 is 0 Å². The van der Waals surface area contributed by atoms with E-state index < -0.39 is 11.4 Å². The maximum absolute atomic E-state index is 14.1. The number of carbonyl (C=O) groups excluding carboxylic acids is 2. The second kappa shape index (κ2) is 12.8. The molecule has 7 fully saturated rings. The van der Waals surface area contributed by atoms with Gasteiger partial charge < -0.3 is 20.1 Å². The highest BCUT2D eigenvalue weighted by Crippen LogP contribution is 2.78. The highest BCUT2D eigenvalue weighted by molar-refractivity contribution is 5.81. The van der Waals surface area contributed by atoms with Gasteiger partial charge in [0.15, 0.2) is 0 Å². The zero-order valence-corrected chi connectivity index (χ0v) is 34.2. The summed E-state index contributed by atoms with van der Waals surface area (Å²) in [5, 5.41) is 13.2. The van der Waals surface area contributed by atoms with Gasteiger partial charge in [0.1, 0.15) is 6.10 Å². The van der Waals surface area contributed by atoms with Crippen LogP contribution in [0.3, 0.4) is 0 Å². The summed E-state index contributed by atoms with van der Waals surface area (Å²) in [6.45, 7) is 22.6. The Bertz CT molecular complexity index is 1460. The molecule has 2 bridgehead atoms. The lowest BCUT2D eigenvalue weighted by molar-refractivity contribution is -0.250. The summed E-state index contributed by atoms with van der Waals surface area (Å²) in [4.78, 5) is 41.5. The molecule has 2 unspecified atom stereocenters. The third kappa shape index (κ3) is 5.76. The van der Waals surface area contributed by atoms with Crippen LogP contribution in [0.4, 0.5) is 0 Å². The summed E-state index contributed by atoms with van der Waals surface area (Å²) in [5.74, 6) is 1.61. The molecule has 7 aliphatic rings. The molecule has 2 saturated heterocycles. The number of amides is 1. The molecule has 292 valence electrons. The minimum Gasteiger partial charge on any atom is -0.481 e. The number of piperidine rings is 1. The van der Waals surface area contributed by atoms with Crippen molar-refractivity contribution in [2.45, 2.75) is 182 Å². The monoisotopic (exact) mass is 721 g/mol. The van der Waals surface area contributed by atoms with Crippen molar-refractivity contribution < 1.29 is 24.2 Å². The van der Waals surface area contributed by atoms with Crippen LogP contribution in [0.5, 0.6) is 0 Å². The number of carbonyl (C=O) groups is 3. The zero-order valence-electron chi connectivity index (χ0n) is 34.2. The van der Waals surface area contributed by atoms with Gasteiger partial charge in [0, 0.05) is 30.0 Å². The van der Waals surface area contributed by atoms with E-state index >= 15 is 0 Å². The van der Waals surface area contributed by atoms with E-state index in [1.54, 1.807) is 13.8 Å². The SMILES string of the molecule is C=C(C)[C@@H]1CC[C@]2(CC(=O)NC3CC4CCC(C3)N4C)CC[C@]3(C)[C@H](CC[C@@H]4[C@@]5(C)CC[C@H](OC(=O)CC(C)(C)C(=O)O)C(C)(C)[C@@H]5CC[C@]43C)[C@@H]12. The molecule has 52 heavy (non-hydrogen) atoms. The number of ether oxygens (including phenoxy) is 1. The van der Waals surface area contributed by atoms with E-state index in [0.717, 1.165) is 44.9 Å². The Labute approximate surface area is 315 Å². The van der Waals surface area contributed by atoms with Crippen LogP contribution in [0.15, 0.2) is 12.2 Å². The third-order valence-electron chi connectivity index (χ3n) is 18.6. The smallest absolute Gasteiger partial charge is 0.309 e. The summed E-state index contributed by atoms with van der Waals surface area (Å²) in [6.07, 6.45) is 16.5.